The molecular formula is C19H20N2O3. The molecule has 0 bridgehead atoms. The maximum Gasteiger partial charge on any atom is 0.260 e. The van der Waals surface area contributed by atoms with Crippen LogP contribution in [0.4, 0.5) is 0 Å². The van der Waals surface area contributed by atoms with Gasteiger partial charge in [0.1, 0.15) is 5.75 Å². The van der Waals surface area contributed by atoms with Gasteiger partial charge in [-0.15, -0.1) is 0 Å². The van der Waals surface area contributed by atoms with Crippen LogP contribution in [0, 0.1) is 0 Å². The van der Waals surface area contributed by atoms with E-state index in [9.17, 15) is 9.59 Å². The van der Waals surface area contributed by atoms with Gasteiger partial charge in [0.2, 0.25) is 5.91 Å². The largest absolute Gasteiger partial charge is 0.484 e. The van der Waals surface area contributed by atoms with E-state index in [2.05, 4.69) is 12.1 Å². The van der Waals surface area contributed by atoms with E-state index in [1.807, 2.05) is 19.2 Å². The van der Waals surface area contributed by atoms with Gasteiger partial charge in [0, 0.05) is 18.7 Å². The molecule has 24 heavy (non-hydrogen) atoms. The van der Waals surface area contributed by atoms with Crippen LogP contribution in [0.25, 0.3) is 0 Å². The molecule has 0 atom stereocenters. The van der Waals surface area contributed by atoms with Gasteiger partial charge in [-0.2, -0.15) is 0 Å². The molecule has 2 N–H and O–H groups in total. The predicted octanol–water partition coefficient (Wildman–Crippen LogP) is 1.79. The average molecular weight is 324 g/mol. The third kappa shape index (κ3) is 3.40. The number of hydrogen-bond donors (Lipinski definition) is 1. The number of hydrogen-bond acceptors (Lipinski definition) is 3. The molecule has 0 saturated heterocycles. The second-order valence-electron chi connectivity index (χ2n) is 6.01. The SMILES string of the molecule is CN(C(=O)COc1ccc(C(N)=O)cc1)C1Cc2ccccc2C1. The van der Waals surface area contributed by atoms with E-state index in [1.165, 1.54) is 11.1 Å². The highest BCUT2D eigenvalue weighted by molar-refractivity contribution is 5.92. The van der Waals surface area contributed by atoms with Crippen molar-refractivity contribution >= 4 is 11.8 Å². The third-order valence-corrected chi connectivity index (χ3v) is 4.47. The molecule has 1 aliphatic carbocycles. The molecule has 2 amide bonds. The number of likely N-dealkylation sites (N-methyl/N-ethyl adjacent to an activating group) is 1. The maximum atomic E-state index is 12.4. The van der Waals surface area contributed by atoms with Gasteiger partial charge in [-0.1, -0.05) is 24.3 Å². The molecule has 0 saturated carbocycles. The Kier molecular flexibility index (Phi) is 4.51. The zero-order valence-corrected chi connectivity index (χ0v) is 13.6. The minimum Gasteiger partial charge on any atom is -0.484 e. The Balaban J connectivity index is 1.54. The monoisotopic (exact) mass is 324 g/mol. The van der Waals surface area contributed by atoms with Crippen molar-refractivity contribution in [1.29, 1.82) is 0 Å². The normalized spacial score (nSPS) is 13.4. The number of carbonyl (C=O) groups is 2. The Morgan fingerprint density at radius 1 is 1.08 bits per heavy atom. The van der Waals surface area contributed by atoms with Crippen LogP contribution in [0.15, 0.2) is 48.5 Å². The highest BCUT2D eigenvalue weighted by Crippen LogP contribution is 2.24. The van der Waals surface area contributed by atoms with Crippen LogP contribution in [-0.4, -0.2) is 36.4 Å². The number of nitrogens with two attached hydrogens (primary N) is 1. The number of benzene rings is 2. The molecule has 5 heteroatoms. The lowest BCUT2D eigenvalue weighted by molar-refractivity contribution is -0.134. The van der Waals surface area contributed by atoms with Gasteiger partial charge in [-0.25, -0.2) is 0 Å². The van der Waals surface area contributed by atoms with Crippen LogP contribution in [0.1, 0.15) is 21.5 Å². The van der Waals surface area contributed by atoms with Crippen LogP contribution in [0.2, 0.25) is 0 Å². The first kappa shape index (κ1) is 16.1. The number of fused-ring (bicyclic) bond motifs is 1. The molecular weight excluding hydrogens is 304 g/mol. The predicted molar refractivity (Wildman–Crippen MR) is 90.9 cm³/mol. The molecule has 124 valence electrons. The summed E-state index contributed by atoms with van der Waals surface area (Å²) in [6.07, 6.45) is 1.76. The van der Waals surface area contributed by atoms with Crippen molar-refractivity contribution in [2.75, 3.05) is 13.7 Å². The Morgan fingerprint density at radius 2 is 1.67 bits per heavy atom. The van der Waals surface area contributed by atoms with Crippen molar-refractivity contribution in [2.45, 2.75) is 18.9 Å². The standard InChI is InChI=1S/C19H20N2O3/c1-21(16-10-14-4-2-3-5-15(14)11-16)18(22)12-24-17-8-6-13(7-9-17)19(20)23/h2-9,16H,10-12H2,1H3,(H2,20,23). The second-order valence-corrected chi connectivity index (χ2v) is 6.01. The fourth-order valence-corrected chi connectivity index (χ4v) is 2.98. The molecule has 2 aromatic rings. The summed E-state index contributed by atoms with van der Waals surface area (Å²) in [4.78, 5) is 25.1. The average Bonchev–Trinajstić information content (AvgIpc) is 3.03. The first-order valence-electron chi connectivity index (χ1n) is 7.89. The molecule has 0 radical (unpaired) electrons. The molecule has 0 heterocycles. The Morgan fingerprint density at radius 3 is 2.21 bits per heavy atom. The molecule has 0 spiro atoms. The Bertz CT molecular complexity index is 730. The van der Waals surface area contributed by atoms with Gasteiger partial charge in [-0.05, 0) is 48.2 Å². The topological polar surface area (TPSA) is 72.6 Å². The molecule has 1 aliphatic rings. The van der Waals surface area contributed by atoms with E-state index in [1.54, 1.807) is 29.2 Å². The first-order valence-corrected chi connectivity index (χ1v) is 7.89. The molecule has 0 aromatic heterocycles. The van der Waals surface area contributed by atoms with Crippen molar-refractivity contribution in [1.82, 2.24) is 4.90 Å². The summed E-state index contributed by atoms with van der Waals surface area (Å²) in [6.45, 7) is -0.0285. The van der Waals surface area contributed by atoms with Crippen molar-refractivity contribution in [3.63, 3.8) is 0 Å². The van der Waals surface area contributed by atoms with Gasteiger partial charge >= 0.3 is 0 Å². The molecule has 0 fully saturated rings. The van der Waals surface area contributed by atoms with Crippen LogP contribution in [-0.2, 0) is 17.6 Å². The maximum absolute atomic E-state index is 12.4. The summed E-state index contributed by atoms with van der Waals surface area (Å²) in [5.74, 6) is -0.0126. The highest BCUT2D eigenvalue weighted by atomic mass is 16.5. The minimum absolute atomic E-state index is 0.0285. The van der Waals surface area contributed by atoms with Gasteiger partial charge < -0.3 is 15.4 Å². The summed E-state index contributed by atoms with van der Waals surface area (Å²) in [5, 5.41) is 0. The summed E-state index contributed by atoms with van der Waals surface area (Å²) in [7, 11) is 1.82. The van der Waals surface area contributed by atoms with Gasteiger partial charge in [0.15, 0.2) is 6.61 Å². The molecule has 0 aliphatic heterocycles. The fraction of sp³-hybridized carbons (Fsp3) is 0.263. The van der Waals surface area contributed by atoms with Crippen LogP contribution >= 0.6 is 0 Å². The fourth-order valence-electron chi connectivity index (χ4n) is 2.98. The quantitative estimate of drug-likeness (QED) is 0.911. The Hall–Kier alpha value is -2.82. The zero-order valence-electron chi connectivity index (χ0n) is 13.6. The molecule has 5 nitrogen and oxygen atoms in total. The van der Waals surface area contributed by atoms with Crippen LogP contribution in [0.5, 0.6) is 5.75 Å². The summed E-state index contributed by atoms with van der Waals surface area (Å²) in [6, 6.07) is 14.9. The molecule has 2 aromatic carbocycles. The number of primary amides is 1. The highest BCUT2D eigenvalue weighted by Gasteiger charge is 2.27. The smallest absolute Gasteiger partial charge is 0.260 e. The summed E-state index contributed by atoms with van der Waals surface area (Å²) in [5.41, 5.74) is 8.22. The molecule has 3 rings (SSSR count). The van der Waals surface area contributed by atoms with E-state index < -0.39 is 5.91 Å². The minimum atomic E-state index is -0.488. The number of rotatable bonds is 5. The van der Waals surface area contributed by atoms with E-state index in [0.717, 1.165) is 12.8 Å². The van der Waals surface area contributed by atoms with Gasteiger partial charge in [0.25, 0.3) is 5.91 Å². The number of amides is 2. The van der Waals surface area contributed by atoms with Crippen molar-refractivity contribution < 1.29 is 14.3 Å². The molecule has 0 unspecified atom stereocenters. The van der Waals surface area contributed by atoms with Crippen LogP contribution < -0.4 is 10.5 Å². The van der Waals surface area contributed by atoms with E-state index >= 15 is 0 Å². The lowest BCUT2D eigenvalue weighted by Crippen LogP contribution is -2.40. The van der Waals surface area contributed by atoms with Crippen molar-refractivity contribution in [2.24, 2.45) is 5.73 Å². The number of ether oxygens (including phenoxy) is 1. The second kappa shape index (κ2) is 6.74. The lowest BCUT2D eigenvalue weighted by Gasteiger charge is -2.24. The number of nitrogens with zero attached hydrogens (tertiary/aromatic N) is 1. The third-order valence-electron chi connectivity index (χ3n) is 4.47. The van der Waals surface area contributed by atoms with Crippen molar-refractivity contribution in [3.05, 3.63) is 65.2 Å². The lowest BCUT2D eigenvalue weighted by atomic mass is 10.1. The van der Waals surface area contributed by atoms with E-state index in [-0.39, 0.29) is 18.6 Å². The van der Waals surface area contributed by atoms with E-state index in [0.29, 0.717) is 11.3 Å². The summed E-state index contributed by atoms with van der Waals surface area (Å²) >= 11 is 0. The first-order chi connectivity index (χ1) is 11.5. The van der Waals surface area contributed by atoms with Gasteiger partial charge in [0.05, 0.1) is 0 Å². The van der Waals surface area contributed by atoms with Gasteiger partial charge in [-0.3, -0.25) is 9.59 Å². The number of carbonyl (C=O) groups excluding carboxylic acids is 2. The van der Waals surface area contributed by atoms with Crippen LogP contribution in [0.3, 0.4) is 0 Å². The zero-order chi connectivity index (χ0) is 17.1. The summed E-state index contributed by atoms with van der Waals surface area (Å²) < 4.78 is 5.52. The van der Waals surface area contributed by atoms with E-state index in [4.69, 9.17) is 10.5 Å². The van der Waals surface area contributed by atoms with Crippen molar-refractivity contribution in [3.8, 4) is 5.75 Å². The Labute approximate surface area is 141 Å².